The molecule has 1 saturated heterocycles. The number of nitrogens with one attached hydrogen (secondary N) is 2. The van der Waals surface area contributed by atoms with Gasteiger partial charge in [0, 0.05) is 37.9 Å². The predicted molar refractivity (Wildman–Crippen MR) is 149 cm³/mol. The summed E-state index contributed by atoms with van der Waals surface area (Å²) < 4.78 is 63.1. The smallest absolute Gasteiger partial charge is 0.262 e. The van der Waals surface area contributed by atoms with Gasteiger partial charge in [0.05, 0.1) is 28.3 Å². The Labute approximate surface area is 225 Å². The van der Waals surface area contributed by atoms with Gasteiger partial charge in [-0.15, -0.1) is 12.4 Å². The van der Waals surface area contributed by atoms with Crippen molar-refractivity contribution in [3.8, 4) is 5.75 Å². The van der Waals surface area contributed by atoms with Crippen molar-refractivity contribution in [2.24, 2.45) is 0 Å². The molecule has 3 aromatic carbocycles. The van der Waals surface area contributed by atoms with E-state index in [2.05, 4.69) is 26.3 Å². The Kier molecular flexibility index (Phi) is 8.96. The van der Waals surface area contributed by atoms with Crippen molar-refractivity contribution in [2.75, 3.05) is 54.7 Å². The molecule has 0 unspecified atom stereocenters. The van der Waals surface area contributed by atoms with E-state index < -0.39 is 20.0 Å². The first-order chi connectivity index (χ1) is 17.1. The average molecular weight is 567 g/mol. The second kappa shape index (κ2) is 11.6. The van der Waals surface area contributed by atoms with Crippen LogP contribution in [0.2, 0.25) is 0 Å². The average Bonchev–Trinajstić information content (AvgIpc) is 2.86. The zero-order valence-electron chi connectivity index (χ0n) is 20.8. The molecule has 1 heterocycles. The summed E-state index contributed by atoms with van der Waals surface area (Å²) in [7, 11) is -4.47. The van der Waals surface area contributed by atoms with Crippen molar-refractivity contribution < 1.29 is 21.6 Å². The van der Waals surface area contributed by atoms with Gasteiger partial charge >= 0.3 is 0 Å². The quantitative estimate of drug-likeness (QED) is 0.427. The van der Waals surface area contributed by atoms with E-state index >= 15 is 0 Å². The topological polar surface area (TPSA) is 108 Å². The molecule has 0 atom stereocenters. The number of benzene rings is 3. The summed E-state index contributed by atoms with van der Waals surface area (Å²) in [6.07, 6.45) is 0. The molecule has 9 nitrogen and oxygen atoms in total. The molecule has 0 radical (unpaired) electrons. The van der Waals surface area contributed by atoms with Crippen LogP contribution in [0.15, 0.2) is 76.5 Å². The standard InChI is InChI=1S/C25H30N4O5S2.ClH/c1-19-9-11-22(18-25(19)34-3)36(32,33)26-23-12-10-20(29-15-13-28(2)14-16-29)17-24(23)27-35(30,31)21-7-5-4-6-8-21;/h4-12,17-18,26-27H,13-16H2,1-3H3;1H. The summed E-state index contributed by atoms with van der Waals surface area (Å²) in [6, 6.07) is 17.6. The molecule has 3 aromatic rings. The van der Waals surface area contributed by atoms with E-state index in [4.69, 9.17) is 4.74 Å². The van der Waals surface area contributed by atoms with E-state index in [1.807, 2.05) is 6.92 Å². The Balaban J connectivity index is 0.00000380. The lowest BCUT2D eigenvalue weighted by Crippen LogP contribution is -2.44. The molecule has 2 N–H and O–H groups in total. The first-order valence-corrected chi connectivity index (χ1v) is 14.4. The van der Waals surface area contributed by atoms with Gasteiger partial charge in [-0.2, -0.15) is 0 Å². The van der Waals surface area contributed by atoms with Crippen LogP contribution >= 0.6 is 12.4 Å². The lowest BCUT2D eigenvalue weighted by Gasteiger charge is -2.34. The van der Waals surface area contributed by atoms with Crippen LogP contribution in [-0.2, 0) is 20.0 Å². The largest absolute Gasteiger partial charge is 0.496 e. The number of rotatable bonds is 8. The SMILES string of the molecule is COc1cc(S(=O)(=O)Nc2ccc(N3CCN(C)CC3)cc2NS(=O)(=O)c2ccccc2)ccc1C.Cl. The van der Waals surface area contributed by atoms with Gasteiger partial charge in [0.25, 0.3) is 20.0 Å². The van der Waals surface area contributed by atoms with Crippen LogP contribution in [0.25, 0.3) is 0 Å². The second-order valence-electron chi connectivity index (χ2n) is 8.68. The third kappa shape index (κ3) is 6.67. The Morgan fingerprint density at radius 3 is 2.03 bits per heavy atom. The molecular weight excluding hydrogens is 536 g/mol. The van der Waals surface area contributed by atoms with Crippen LogP contribution in [0.4, 0.5) is 17.1 Å². The van der Waals surface area contributed by atoms with Crippen LogP contribution in [0.5, 0.6) is 5.75 Å². The molecule has 37 heavy (non-hydrogen) atoms. The van der Waals surface area contributed by atoms with Crippen molar-refractivity contribution in [3.05, 3.63) is 72.3 Å². The number of likely N-dealkylation sites (N-methyl/N-ethyl adjacent to an activating group) is 1. The molecule has 1 fully saturated rings. The molecule has 0 spiro atoms. The number of sulfonamides is 2. The number of hydrogen-bond donors (Lipinski definition) is 2. The molecule has 200 valence electrons. The fourth-order valence-corrected chi connectivity index (χ4v) is 6.13. The molecule has 4 rings (SSSR count). The van der Waals surface area contributed by atoms with Gasteiger partial charge in [-0.25, -0.2) is 16.8 Å². The number of halogens is 1. The lowest BCUT2D eigenvalue weighted by atomic mass is 10.2. The molecule has 0 aromatic heterocycles. The fourth-order valence-electron chi connectivity index (χ4n) is 3.94. The first-order valence-electron chi connectivity index (χ1n) is 11.4. The van der Waals surface area contributed by atoms with Crippen molar-refractivity contribution in [1.82, 2.24) is 4.90 Å². The number of anilines is 3. The molecule has 0 bridgehead atoms. The predicted octanol–water partition coefficient (Wildman–Crippen LogP) is 3.78. The molecule has 1 aliphatic heterocycles. The molecule has 12 heteroatoms. The maximum Gasteiger partial charge on any atom is 0.262 e. The van der Waals surface area contributed by atoms with Crippen LogP contribution in [-0.4, -0.2) is 62.1 Å². The summed E-state index contributed by atoms with van der Waals surface area (Å²) in [5, 5.41) is 0. The van der Waals surface area contributed by atoms with Crippen molar-refractivity contribution in [3.63, 3.8) is 0 Å². The minimum Gasteiger partial charge on any atom is -0.496 e. The number of aryl methyl sites for hydroxylation is 1. The fraction of sp³-hybridized carbons (Fsp3) is 0.280. The van der Waals surface area contributed by atoms with Crippen LogP contribution < -0.4 is 19.1 Å². The number of piperazine rings is 1. The zero-order chi connectivity index (χ0) is 25.9. The lowest BCUT2D eigenvalue weighted by molar-refractivity contribution is 0.313. The Morgan fingerprint density at radius 1 is 0.757 bits per heavy atom. The normalized spacial score (nSPS) is 14.5. The highest BCUT2D eigenvalue weighted by Crippen LogP contribution is 2.33. The molecule has 0 saturated carbocycles. The van der Waals surface area contributed by atoms with Crippen LogP contribution in [0.3, 0.4) is 0 Å². The Morgan fingerprint density at radius 2 is 1.38 bits per heavy atom. The zero-order valence-corrected chi connectivity index (χ0v) is 23.3. The summed E-state index contributed by atoms with van der Waals surface area (Å²) >= 11 is 0. The number of methoxy groups -OCH3 is 1. The Hall–Kier alpha value is -2.99. The highest BCUT2D eigenvalue weighted by atomic mass is 35.5. The van der Waals surface area contributed by atoms with Crippen LogP contribution in [0, 0.1) is 6.92 Å². The summed E-state index contributed by atoms with van der Waals surface area (Å²) in [6.45, 7) is 5.10. The van der Waals surface area contributed by atoms with E-state index in [0.717, 1.165) is 37.4 Å². The minimum atomic E-state index is -4.04. The van der Waals surface area contributed by atoms with Crippen LogP contribution in [0.1, 0.15) is 5.56 Å². The summed E-state index contributed by atoms with van der Waals surface area (Å²) in [5.74, 6) is 0.438. The van der Waals surface area contributed by atoms with Gasteiger partial charge in [0.1, 0.15) is 5.75 Å². The van der Waals surface area contributed by atoms with E-state index in [9.17, 15) is 16.8 Å². The Bertz CT molecular complexity index is 1440. The van der Waals surface area contributed by atoms with E-state index in [0.29, 0.717) is 5.75 Å². The minimum absolute atomic E-state index is 0. The molecule has 0 amide bonds. The number of nitrogens with zero attached hydrogens (tertiary/aromatic N) is 2. The highest BCUT2D eigenvalue weighted by Gasteiger charge is 2.23. The maximum atomic E-state index is 13.2. The van der Waals surface area contributed by atoms with Crippen molar-refractivity contribution >= 4 is 49.5 Å². The van der Waals surface area contributed by atoms with Gasteiger partial charge in [-0.1, -0.05) is 24.3 Å². The van der Waals surface area contributed by atoms with Crippen molar-refractivity contribution in [2.45, 2.75) is 16.7 Å². The van der Waals surface area contributed by atoms with Gasteiger partial charge in [-0.3, -0.25) is 9.44 Å². The van der Waals surface area contributed by atoms with E-state index in [1.165, 1.54) is 31.4 Å². The van der Waals surface area contributed by atoms with Crippen molar-refractivity contribution in [1.29, 1.82) is 0 Å². The van der Waals surface area contributed by atoms with Gasteiger partial charge < -0.3 is 14.5 Å². The summed E-state index contributed by atoms with van der Waals surface area (Å²) in [5.41, 5.74) is 1.85. The van der Waals surface area contributed by atoms with E-state index in [1.54, 1.807) is 42.5 Å². The summed E-state index contributed by atoms with van der Waals surface area (Å²) in [4.78, 5) is 4.44. The maximum absolute atomic E-state index is 13.2. The van der Waals surface area contributed by atoms with Gasteiger partial charge in [-0.05, 0) is 55.9 Å². The molecule has 0 aliphatic carbocycles. The second-order valence-corrected chi connectivity index (χ2v) is 12.0. The third-order valence-electron chi connectivity index (χ3n) is 6.10. The van der Waals surface area contributed by atoms with E-state index in [-0.39, 0.29) is 33.6 Å². The highest BCUT2D eigenvalue weighted by molar-refractivity contribution is 7.93. The molecule has 1 aliphatic rings. The van der Waals surface area contributed by atoms with Gasteiger partial charge in [0.2, 0.25) is 0 Å². The number of hydrogen-bond acceptors (Lipinski definition) is 7. The van der Waals surface area contributed by atoms with Gasteiger partial charge in [0.15, 0.2) is 0 Å². The molecular formula is C25H31ClN4O5S2. The monoisotopic (exact) mass is 566 g/mol. The first kappa shape index (κ1) is 28.6. The third-order valence-corrected chi connectivity index (χ3v) is 8.85. The number of ether oxygens (including phenoxy) is 1.